The largest absolute Gasteiger partial charge is 0.481 e. The first-order valence-electron chi connectivity index (χ1n) is 23.6. The molecule has 7 rings (SSSR count). The Kier molecular flexibility index (Phi) is 15.7. The molecule has 22 atom stereocenters. The van der Waals surface area contributed by atoms with Crippen molar-refractivity contribution < 1.29 is 94.2 Å². The monoisotopic (exact) mass is 930 g/mol. The normalized spacial score (nSPS) is 48.4. The Balaban J connectivity index is 1.19. The highest BCUT2D eigenvalue weighted by atomic mass is 16.8. The summed E-state index contributed by atoms with van der Waals surface area (Å²) in [6, 6.07) is 0. The Morgan fingerprint density at radius 3 is 2.00 bits per heavy atom. The minimum Gasteiger partial charge on any atom is -0.481 e. The number of aliphatic hydroxyl groups is 10. The zero-order valence-electron chi connectivity index (χ0n) is 38.1. The van der Waals surface area contributed by atoms with E-state index >= 15 is 0 Å². The van der Waals surface area contributed by atoms with Crippen LogP contribution in [0.4, 0.5) is 0 Å². The Labute approximate surface area is 379 Å². The van der Waals surface area contributed by atoms with Crippen LogP contribution in [0.15, 0.2) is 11.1 Å². The summed E-state index contributed by atoms with van der Waals surface area (Å²) in [4.78, 5) is 26.9. The van der Waals surface area contributed by atoms with E-state index in [1.54, 1.807) is 0 Å². The lowest BCUT2D eigenvalue weighted by atomic mass is 9.45. The maximum absolute atomic E-state index is 13.9. The van der Waals surface area contributed by atoms with Crippen LogP contribution >= 0.6 is 0 Å². The highest BCUT2D eigenvalue weighted by Crippen LogP contribution is 2.68. The average Bonchev–Trinajstić information content (AvgIpc) is 3.62. The van der Waals surface area contributed by atoms with E-state index in [4.69, 9.17) is 28.4 Å². The number of aliphatic carboxylic acids is 1. The molecule has 0 amide bonds. The zero-order chi connectivity index (χ0) is 47.5. The number of fused-ring (bicyclic) bond motifs is 4. The number of carbonyl (C=O) groups excluding carboxylic acids is 1. The molecule has 2 saturated carbocycles. The number of aliphatic hydroxyl groups excluding tert-OH is 10. The number of Topliss-reactive ketones (excluding diaryl/α,β-unsaturated/α-hetero) is 1. The molecule has 0 aromatic heterocycles. The van der Waals surface area contributed by atoms with Crippen molar-refractivity contribution in [2.75, 3.05) is 26.4 Å². The van der Waals surface area contributed by atoms with Gasteiger partial charge in [0.2, 0.25) is 0 Å². The lowest BCUT2D eigenvalue weighted by Crippen LogP contribution is -2.68. The molecule has 11 N–H and O–H groups in total. The molecular formula is C46H74O19. The smallest absolute Gasteiger partial charge is 0.314 e. The van der Waals surface area contributed by atoms with Crippen LogP contribution in [0.25, 0.3) is 0 Å². The number of hydrogen-bond acceptors (Lipinski definition) is 18. The van der Waals surface area contributed by atoms with Gasteiger partial charge in [0.15, 0.2) is 18.9 Å². The van der Waals surface area contributed by atoms with Gasteiger partial charge < -0.3 is 84.6 Å². The van der Waals surface area contributed by atoms with E-state index in [9.17, 15) is 65.8 Å². The van der Waals surface area contributed by atoms with Crippen molar-refractivity contribution in [3.8, 4) is 0 Å². The van der Waals surface area contributed by atoms with Gasteiger partial charge in [0.1, 0.15) is 78.3 Å². The van der Waals surface area contributed by atoms with E-state index in [0.29, 0.717) is 49.7 Å². The molecule has 0 bridgehead atoms. The Hall–Kier alpha value is -1.76. The number of allylic oxidation sites excluding steroid dienone is 2. The molecule has 0 spiro atoms. The third-order valence-electron chi connectivity index (χ3n) is 16.9. The van der Waals surface area contributed by atoms with Crippen LogP contribution in [-0.2, 0) is 38.0 Å². The first-order valence-corrected chi connectivity index (χ1v) is 23.6. The van der Waals surface area contributed by atoms with Gasteiger partial charge in [0.25, 0.3) is 0 Å². The van der Waals surface area contributed by atoms with Crippen LogP contribution in [0.5, 0.6) is 0 Å². The molecule has 0 aromatic rings. The van der Waals surface area contributed by atoms with E-state index in [1.807, 2.05) is 0 Å². The fraction of sp³-hybridized carbons (Fsp3) is 0.913. The SMILES string of the molecule is CC(C)CC(=O)CC(C)C1CCC2C3=C(CCC21C)C1(C)CCC(OC2OC(CO)C(O)C(OC4OC(CO)C(O)C(O)C4O)C2OC2OCC(O)C(O)C2O)C(CO)(C(=O)O)C1CC3. The van der Waals surface area contributed by atoms with Gasteiger partial charge >= 0.3 is 5.97 Å². The van der Waals surface area contributed by atoms with E-state index in [-0.39, 0.29) is 23.7 Å². The predicted molar refractivity (Wildman–Crippen MR) is 224 cm³/mol. The fourth-order valence-electron chi connectivity index (χ4n) is 13.6. The molecule has 3 heterocycles. The summed E-state index contributed by atoms with van der Waals surface area (Å²) in [7, 11) is 0. The van der Waals surface area contributed by atoms with Gasteiger partial charge in [-0.25, -0.2) is 0 Å². The number of hydrogen-bond donors (Lipinski definition) is 11. The van der Waals surface area contributed by atoms with Gasteiger partial charge in [0.05, 0.1) is 32.5 Å². The molecular weight excluding hydrogens is 856 g/mol. The van der Waals surface area contributed by atoms with Crippen molar-refractivity contribution in [2.45, 2.75) is 191 Å². The van der Waals surface area contributed by atoms with Crippen LogP contribution < -0.4 is 0 Å². The third kappa shape index (κ3) is 9.02. The molecule has 4 aliphatic carbocycles. The summed E-state index contributed by atoms with van der Waals surface area (Å²) in [6.07, 6.45) is -19.4. The molecule has 0 radical (unpaired) electrons. The van der Waals surface area contributed by atoms with E-state index in [2.05, 4.69) is 34.6 Å². The fourth-order valence-corrected chi connectivity index (χ4v) is 13.6. The van der Waals surface area contributed by atoms with Gasteiger partial charge in [-0.3, -0.25) is 9.59 Å². The molecule has 19 heteroatoms. The molecule has 65 heavy (non-hydrogen) atoms. The summed E-state index contributed by atoms with van der Waals surface area (Å²) in [6.45, 7) is 7.78. The summed E-state index contributed by atoms with van der Waals surface area (Å²) >= 11 is 0. The minimum absolute atomic E-state index is 0.0140. The van der Waals surface area contributed by atoms with Gasteiger partial charge in [-0.05, 0) is 91.8 Å². The standard InChI is InChI=1S/C46H74O19/c1-20(2)14-22(50)15-21(3)24-7-8-25-23-6-9-30-45(5,26(23)10-12-44(24,25)4)13-11-31(46(30,19-49)43(58)59)63-42-39(65-40-36(56)32(52)27(51)18-60-40)38(34(54)29(17-48)62-42)64-41-37(57)35(55)33(53)28(16-47)61-41/h20-21,24-25,27-42,47-49,51-57H,6-19H2,1-5H3,(H,58,59). The van der Waals surface area contributed by atoms with Gasteiger partial charge in [-0.1, -0.05) is 45.8 Å². The van der Waals surface area contributed by atoms with Crippen molar-refractivity contribution in [3.05, 3.63) is 11.1 Å². The highest BCUT2D eigenvalue weighted by Gasteiger charge is 2.66. The van der Waals surface area contributed by atoms with Crippen molar-refractivity contribution >= 4 is 11.8 Å². The van der Waals surface area contributed by atoms with Gasteiger partial charge in [-0.2, -0.15) is 0 Å². The molecule has 3 aliphatic heterocycles. The predicted octanol–water partition coefficient (Wildman–Crippen LogP) is -0.503. The third-order valence-corrected chi connectivity index (χ3v) is 16.9. The highest BCUT2D eigenvalue weighted by molar-refractivity contribution is 5.79. The number of ether oxygens (including phenoxy) is 6. The van der Waals surface area contributed by atoms with Crippen LogP contribution in [-0.4, -0.2) is 186 Å². The van der Waals surface area contributed by atoms with E-state index in [1.165, 1.54) is 11.1 Å². The first-order chi connectivity index (χ1) is 30.7. The Bertz CT molecular complexity index is 1710. The maximum Gasteiger partial charge on any atom is 0.314 e. The second-order valence-corrected chi connectivity index (χ2v) is 21.1. The molecule has 0 aromatic carbocycles. The van der Waals surface area contributed by atoms with Crippen LogP contribution in [0.1, 0.15) is 98.8 Å². The molecule has 19 nitrogen and oxygen atoms in total. The van der Waals surface area contributed by atoms with Crippen LogP contribution in [0.3, 0.4) is 0 Å². The van der Waals surface area contributed by atoms with E-state index < -0.39 is 141 Å². The summed E-state index contributed by atoms with van der Waals surface area (Å²) < 4.78 is 36.0. The van der Waals surface area contributed by atoms with Crippen LogP contribution in [0, 0.1) is 45.8 Å². The molecule has 5 fully saturated rings. The van der Waals surface area contributed by atoms with E-state index in [0.717, 1.165) is 25.7 Å². The number of carboxylic acid groups (broad SMARTS) is 1. The lowest BCUT2D eigenvalue weighted by Gasteiger charge is -2.60. The number of ketones is 1. The lowest BCUT2D eigenvalue weighted by molar-refractivity contribution is -0.394. The molecule has 22 unspecified atom stereocenters. The molecule has 7 aliphatic rings. The van der Waals surface area contributed by atoms with Crippen molar-refractivity contribution in [2.24, 2.45) is 45.8 Å². The van der Waals surface area contributed by atoms with Gasteiger partial charge in [-0.15, -0.1) is 0 Å². The van der Waals surface area contributed by atoms with Crippen LogP contribution in [0.2, 0.25) is 0 Å². The summed E-state index contributed by atoms with van der Waals surface area (Å²) in [5.41, 5.74) is 0.0101. The average molecular weight is 931 g/mol. The topological polar surface area (TPSA) is 312 Å². The quantitative estimate of drug-likeness (QED) is 0.0922. The number of carboxylic acids is 1. The Morgan fingerprint density at radius 2 is 1.35 bits per heavy atom. The van der Waals surface area contributed by atoms with Gasteiger partial charge in [0, 0.05) is 12.8 Å². The molecule has 372 valence electrons. The summed E-state index contributed by atoms with van der Waals surface area (Å²) in [5.74, 6) is -0.446. The van der Waals surface area contributed by atoms with Crippen molar-refractivity contribution in [1.29, 1.82) is 0 Å². The minimum atomic E-state index is -1.96. The zero-order valence-corrected chi connectivity index (χ0v) is 38.1. The molecule has 3 saturated heterocycles. The number of carbonyl (C=O) groups is 2. The Morgan fingerprint density at radius 1 is 0.708 bits per heavy atom. The second kappa shape index (κ2) is 19.9. The maximum atomic E-state index is 13.9. The second-order valence-electron chi connectivity index (χ2n) is 21.1. The number of rotatable bonds is 15. The van der Waals surface area contributed by atoms with Crippen molar-refractivity contribution in [3.63, 3.8) is 0 Å². The first kappa shape index (κ1) is 51.1. The van der Waals surface area contributed by atoms with Crippen molar-refractivity contribution in [1.82, 2.24) is 0 Å². The summed E-state index contributed by atoms with van der Waals surface area (Å²) in [5, 5.41) is 118.